The van der Waals surface area contributed by atoms with Crippen molar-refractivity contribution in [3.05, 3.63) is 45.9 Å². The Morgan fingerprint density at radius 2 is 1.86 bits per heavy atom. The molecule has 0 radical (unpaired) electrons. The van der Waals surface area contributed by atoms with Gasteiger partial charge in [0.1, 0.15) is 0 Å². The van der Waals surface area contributed by atoms with Crippen LogP contribution in [-0.4, -0.2) is 23.3 Å². The normalized spacial score (nSPS) is 15.8. The Balaban J connectivity index is 1.73. The van der Waals surface area contributed by atoms with Gasteiger partial charge in [0.2, 0.25) is 10.1 Å². The van der Waals surface area contributed by atoms with Gasteiger partial charge >= 0.3 is 6.18 Å². The predicted octanol–water partition coefficient (Wildman–Crippen LogP) is 4.50. The fraction of sp³-hybridized carbons (Fsp3) is 0.286. The molecule has 22 heavy (non-hydrogen) atoms. The van der Waals surface area contributed by atoms with Crippen molar-refractivity contribution in [2.45, 2.75) is 12.6 Å². The standard InChI is InChI=1S/C14H11ClF3N3S/c15-11-3-1-9(2-4-11)10-5-7-21(8-6-10)13-20-19-12(22-13)14(16,17)18/h1-5H,6-8H2. The van der Waals surface area contributed by atoms with Crippen LogP contribution >= 0.6 is 22.9 Å². The predicted molar refractivity (Wildman–Crippen MR) is 81.2 cm³/mol. The average Bonchev–Trinajstić information content (AvgIpc) is 2.98. The summed E-state index contributed by atoms with van der Waals surface area (Å²) in [6, 6.07) is 7.53. The summed E-state index contributed by atoms with van der Waals surface area (Å²) in [6.45, 7) is 1.13. The number of nitrogens with zero attached hydrogens (tertiary/aromatic N) is 3. The molecule has 1 aromatic carbocycles. The van der Waals surface area contributed by atoms with Crippen LogP contribution in [0.3, 0.4) is 0 Å². The number of halogens is 4. The van der Waals surface area contributed by atoms with Crippen LogP contribution in [-0.2, 0) is 6.18 Å². The van der Waals surface area contributed by atoms with Crippen LogP contribution in [0.4, 0.5) is 18.3 Å². The molecule has 0 spiro atoms. The van der Waals surface area contributed by atoms with E-state index in [2.05, 4.69) is 10.2 Å². The molecule has 3 nitrogen and oxygen atoms in total. The van der Waals surface area contributed by atoms with Crippen molar-refractivity contribution in [2.75, 3.05) is 18.0 Å². The zero-order valence-electron chi connectivity index (χ0n) is 11.3. The van der Waals surface area contributed by atoms with E-state index in [1.807, 2.05) is 30.3 Å². The number of benzene rings is 1. The van der Waals surface area contributed by atoms with E-state index in [1.165, 1.54) is 0 Å². The molecule has 0 aliphatic carbocycles. The minimum Gasteiger partial charge on any atom is -0.343 e. The van der Waals surface area contributed by atoms with E-state index >= 15 is 0 Å². The van der Waals surface area contributed by atoms with E-state index in [0.29, 0.717) is 34.6 Å². The Kier molecular flexibility index (Phi) is 4.10. The van der Waals surface area contributed by atoms with Gasteiger partial charge in [-0.15, -0.1) is 10.2 Å². The molecule has 0 unspecified atom stereocenters. The summed E-state index contributed by atoms with van der Waals surface area (Å²) in [5, 5.41) is 6.93. The number of hydrogen-bond donors (Lipinski definition) is 0. The molecule has 0 atom stereocenters. The van der Waals surface area contributed by atoms with Crippen LogP contribution in [0.2, 0.25) is 5.02 Å². The maximum absolute atomic E-state index is 12.6. The van der Waals surface area contributed by atoms with Gasteiger partial charge in [0, 0.05) is 18.1 Å². The molecule has 0 saturated heterocycles. The van der Waals surface area contributed by atoms with Gasteiger partial charge in [-0.25, -0.2) is 0 Å². The lowest BCUT2D eigenvalue weighted by Gasteiger charge is -2.25. The zero-order chi connectivity index (χ0) is 15.7. The number of rotatable bonds is 2. The van der Waals surface area contributed by atoms with Crippen molar-refractivity contribution in [2.24, 2.45) is 0 Å². The maximum atomic E-state index is 12.6. The van der Waals surface area contributed by atoms with Gasteiger partial charge in [0.05, 0.1) is 0 Å². The smallest absolute Gasteiger partial charge is 0.343 e. The molecule has 0 saturated carbocycles. The summed E-state index contributed by atoms with van der Waals surface area (Å²) >= 11 is 6.44. The number of anilines is 1. The summed E-state index contributed by atoms with van der Waals surface area (Å²) in [6.07, 6.45) is -1.69. The lowest BCUT2D eigenvalue weighted by atomic mass is 10.00. The molecule has 3 rings (SSSR count). The van der Waals surface area contributed by atoms with E-state index in [4.69, 9.17) is 11.6 Å². The van der Waals surface area contributed by atoms with Crippen molar-refractivity contribution < 1.29 is 13.2 Å². The minimum absolute atomic E-state index is 0.304. The molecule has 0 N–H and O–H groups in total. The molecular weight excluding hydrogens is 335 g/mol. The third-order valence-corrected chi connectivity index (χ3v) is 4.63. The van der Waals surface area contributed by atoms with Gasteiger partial charge in [-0.05, 0) is 29.7 Å². The van der Waals surface area contributed by atoms with Gasteiger partial charge in [-0.1, -0.05) is 41.1 Å². The third-order valence-electron chi connectivity index (χ3n) is 3.35. The highest BCUT2D eigenvalue weighted by Gasteiger charge is 2.36. The lowest BCUT2D eigenvalue weighted by molar-refractivity contribution is -0.138. The Morgan fingerprint density at radius 3 is 2.41 bits per heavy atom. The van der Waals surface area contributed by atoms with Crippen LogP contribution in [0.1, 0.15) is 17.0 Å². The summed E-state index contributed by atoms with van der Waals surface area (Å²) < 4.78 is 37.7. The van der Waals surface area contributed by atoms with Gasteiger partial charge in [-0.3, -0.25) is 0 Å². The minimum atomic E-state index is -4.43. The van der Waals surface area contributed by atoms with Crippen LogP contribution in [0, 0.1) is 0 Å². The van der Waals surface area contributed by atoms with Gasteiger partial charge in [-0.2, -0.15) is 13.2 Å². The van der Waals surface area contributed by atoms with E-state index in [9.17, 15) is 13.2 Å². The lowest BCUT2D eigenvalue weighted by Crippen LogP contribution is -2.28. The first-order chi connectivity index (χ1) is 10.4. The number of hydrogen-bond acceptors (Lipinski definition) is 4. The van der Waals surface area contributed by atoms with E-state index < -0.39 is 11.2 Å². The first kappa shape index (κ1) is 15.3. The fourth-order valence-electron chi connectivity index (χ4n) is 2.23. The second-order valence-electron chi connectivity index (χ2n) is 4.82. The van der Waals surface area contributed by atoms with Crippen molar-refractivity contribution in [1.82, 2.24) is 10.2 Å². The van der Waals surface area contributed by atoms with E-state index in [1.54, 1.807) is 4.90 Å². The molecule has 116 valence electrons. The largest absolute Gasteiger partial charge is 0.445 e. The van der Waals surface area contributed by atoms with Gasteiger partial charge in [0.25, 0.3) is 0 Å². The SMILES string of the molecule is FC(F)(F)c1nnc(N2CC=C(c3ccc(Cl)cc3)CC2)s1. The summed E-state index contributed by atoms with van der Waals surface area (Å²) in [4.78, 5) is 1.80. The molecule has 0 amide bonds. The second kappa shape index (κ2) is 5.89. The molecule has 2 heterocycles. The maximum Gasteiger partial charge on any atom is 0.445 e. The monoisotopic (exact) mass is 345 g/mol. The summed E-state index contributed by atoms with van der Waals surface area (Å²) in [5.74, 6) is 0. The van der Waals surface area contributed by atoms with Gasteiger partial charge in [0.15, 0.2) is 0 Å². The van der Waals surface area contributed by atoms with E-state index in [-0.39, 0.29) is 0 Å². The molecule has 1 aliphatic rings. The molecular formula is C14H11ClF3N3S. The molecule has 2 aromatic rings. The molecule has 1 aromatic heterocycles. The fourth-order valence-corrected chi connectivity index (χ4v) is 3.10. The highest BCUT2D eigenvalue weighted by atomic mass is 35.5. The topological polar surface area (TPSA) is 29.0 Å². The highest BCUT2D eigenvalue weighted by molar-refractivity contribution is 7.15. The molecule has 0 bridgehead atoms. The zero-order valence-corrected chi connectivity index (χ0v) is 12.8. The Labute approximate surface area is 134 Å². The summed E-state index contributed by atoms with van der Waals surface area (Å²) in [7, 11) is 0. The van der Waals surface area contributed by atoms with Crippen LogP contribution in [0.5, 0.6) is 0 Å². The average molecular weight is 346 g/mol. The van der Waals surface area contributed by atoms with Crippen molar-refractivity contribution in [1.29, 1.82) is 0 Å². The molecule has 8 heteroatoms. The van der Waals surface area contributed by atoms with Crippen LogP contribution in [0.25, 0.3) is 5.57 Å². The Morgan fingerprint density at radius 1 is 1.14 bits per heavy atom. The third kappa shape index (κ3) is 3.25. The quantitative estimate of drug-likeness (QED) is 0.802. The van der Waals surface area contributed by atoms with Crippen LogP contribution in [0.15, 0.2) is 30.3 Å². The Bertz CT molecular complexity index is 694. The number of alkyl halides is 3. The van der Waals surface area contributed by atoms with Gasteiger partial charge < -0.3 is 4.90 Å². The first-order valence-corrected chi connectivity index (χ1v) is 7.73. The summed E-state index contributed by atoms with van der Waals surface area (Å²) in [5.41, 5.74) is 2.24. The van der Waals surface area contributed by atoms with Crippen LogP contribution < -0.4 is 4.90 Å². The van der Waals surface area contributed by atoms with Crippen molar-refractivity contribution in [3.63, 3.8) is 0 Å². The molecule has 1 aliphatic heterocycles. The Hall–Kier alpha value is -1.60. The highest BCUT2D eigenvalue weighted by Crippen LogP contribution is 2.35. The van der Waals surface area contributed by atoms with Crippen molar-refractivity contribution in [3.8, 4) is 0 Å². The first-order valence-electron chi connectivity index (χ1n) is 6.54. The van der Waals surface area contributed by atoms with Crippen molar-refractivity contribution >= 4 is 33.6 Å². The molecule has 0 fully saturated rings. The van der Waals surface area contributed by atoms with E-state index in [0.717, 1.165) is 17.6 Å². The number of aromatic nitrogens is 2. The second-order valence-corrected chi connectivity index (χ2v) is 6.21.